The summed E-state index contributed by atoms with van der Waals surface area (Å²) >= 11 is 1.19. The average Bonchev–Trinajstić information content (AvgIpc) is 2.95. The number of aliphatic hydroxyl groups excluding tert-OH is 1. The third-order valence-corrected chi connectivity index (χ3v) is 7.79. The molecule has 0 radical (unpaired) electrons. The first-order valence-corrected chi connectivity index (χ1v) is 13.1. The second-order valence-electron chi connectivity index (χ2n) is 8.89. The monoisotopic (exact) mass is 530 g/mol. The number of fused-ring (bicyclic) bond motifs is 1. The van der Waals surface area contributed by atoms with Crippen LogP contribution in [0, 0.1) is 0 Å². The summed E-state index contributed by atoms with van der Waals surface area (Å²) in [5.41, 5.74) is 0.346. The van der Waals surface area contributed by atoms with Crippen LogP contribution in [0.5, 0.6) is 0 Å². The number of hydrogen-bond donors (Lipinski definition) is 2. The summed E-state index contributed by atoms with van der Waals surface area (Å²) in [6, 6.07) is 27.6. The molecule has 2 aliphatic heterocycles. The maximum atomic E-state index is 13.5. The van der Waals surface area contributed by atoms with E-state index in [1.807, 2.05) is 91.0 Å². The molecule has 8 nitrogen and oxygen atoms in total. The molecule has 2 atom stereocenters. The smallest absolute Gasteiger partial charge is 0.359 e. The van der Waals surface area contributed by atoms with E-state index in [4.69, 9.17) is 9.47 Å². The van der Waals surface area contributed by atoms with Crippen molar-refractivity contribution in [2.45, 2.75) is 23.6 Å². The molecule has 2 aliphatic rings. The van der Waals surface area contributed by atoms with E-state index >= 15 is 0 Å². The number of aliphatic hydroxyl groups is 1. The Kier molecular flexibility index (Phi) is 7.22. The molecule has 0 spiro atoms. The second kappa shape index (κ2) is 10.7. The van der Waals surface area contributed by atoms with Gasteiger partial charge in [0.05, 0.1) is 12.2 Å². The van der Waals surface area contributed by atoms with Gasteiger partial charge in [0.1, 0.15) is 11.1 Å². The van der Waals surface area contributed by atoms with Gasteiger partial charge in [-0.15, -0.1) is 11.8 Å². The minimum Gasteiger partial charge on any atom is -0.509 e. The van der Waals surface area contributed by atoms with Gasteiger partial charge in [0.2, 0.25) is 5.91 Å². The Bertz CT molecular complexity index is 1330. The number of nitrogens with one attached hydrogen (secondary N) is 1. The molecule has 9 heteroatoms. The number of nitrogens with zero attached hydrogens (tertiary/aromatic N) is 1. The summed E-state index contributed by atoms with van der Waals surface area (Å²) < 4.78 is 11.5. The largest absolute Gasteiger partial charge is 0.509 e. The van der Waals surface area contributed by atoms with Gasteiger partial charge in [0.25, 0.3) is 11.6 Å². The molecule has 0 bridgehead atoms. The van der Waals surface area contributed by atoms with E-state index in [9.17, 15) is 19.5 Å². The molecule has 1 fully saturated rings. The highest BCUT2D eigenvalue weighted by Crippen LogP contribution is 2.46. The van der Waals surface area contributed by atoms with Crippen LogP contribution in [0.25, 0.3) is 0 Å². The van der Waals surface area contributed by atoms with Gasteiger partial charge in [-0.25, -0.2) is 4.79 Å². The quantitative estimate of drug-likeness (QED) is 0.260. The normalized spacial score (nSPS) is 20.5. The maximum Gasteiger partial charge on any atom is 0.359 e. The van der Waals surface area contributed by atoms with Crippen molar-refractivity contribution in [3.8, 4) is 0 Å². The highest BCUT2D eigenvalue weighted by Gasteiger charge is 2.67. The number of ether oxygens (including phenoxy) is 2. The number of amides is 2. The molecule has 0 aliphatic carbocycles. The SMILES string of the molecule is COC1(NC(=O)Cc2ccccc2)C(=O)N2C(C(=O)OC(c3ccccc3)c3ccccc3)=C(O)CS[C@@H]21. The molecule has 0 aromatic heterocycles. The minimum absolute atomic E-state index is 0.0416. The Morgan fingerprint density at radius 3 is 2.11 bits per heavy atom. The van der Waals surface area contributed by atoms with Crippen LogP contribution >= 0.6 is 11.8 Å². The van der Waals surface area contributed by atoms with Gasteiger partial charge >= 0.3 is 5.97 Å². The van der Waals surface area contributed by atoms with Crippen molar-refractivity contribution in [2.24, 2.45) is 0 Å². The first-order chi connectivity index (χ1) is 18.4. The molecule has 3 aromatic carbocycles. The Hall–Kier alpha value is -4.08. The summed E-state index contributed by atoms with van der Waals surface area (Å²) in [6.07, 6.45) is -0.699. The Morgan fingerprint density at radius 1 is 1.00 bits per heavy atom. The third-order valence-electron chi connectivity index (χ3n) is 6.49. The number of benzene rings is 3. The van der Waals surface area contributed by atoms with Crippen LogP contribution in [0.3, 0.4) is 0 Å². The van der Waals surface area contributed by atoms with E-state index < -0.39 is 35.0 Å². The first kappa shape index (κ1) is 25.6. The van der Waals surface area contributed by atoms with E-state index in [1.165, 1.54) is 18.9 Å². The fourth-order valence-corrected chi connectivity index (χ4v) is 5.93. The summed E-state index contributed by atoms with van der Waals surface area (Å²) in [4.78, 5) is 40.9. The van der Waals surface area contributed by atoms with E-state index in [0.29, 0.717) is 0 Å². The fraction of sp³-hybridized carbons (Fsp3) is 0.207. The first-order valence-electron chi connectivity index (χ1n) is 12.0. The molecular weight excluding hydrogens is 504 g/mol. The van der Waals surface area contributed by atoms with Crippen molar-refractivity contribution < 1.29 is 29.0 Å². The van der Waals surface area contributed by atoms with Crippen LogP contribution < -0.4 is 5.32 Å². The molecule has 0 saturated carbocycles. The molecule has 2 N–H and O–H groups in total. The topological polar surface area (TPSA) is 105 Å². The maximum absolute atomic E-state index is 13.5. The van der Waals surface area contributed by atoms with Crippen LogP contribution in [0.15, 0.2) is 102 Å². The van der Waals surface area contributed by atoms with Crippen molar-refractivity contribution in [3.63, 3.8) is 0 Å². The van der Waals surface area contributed by atoms with Crippen LogP contribution in [0.4, 0.5) is 0 Å². The third kappa shape index (κ3) is 4.66. The highest BCUT2D eigenvalue weighted by molar-refractivity contribution is 8.00. The lowest BCUT2D eigenvalue weighted by molar-refractivity contribution is -0.193. The molecule has 1 unspecified atom stereocenters. The number of carbonyl (C=O) groups excluding carboxylic acids is 3. The molecular formula is C29H26N2O6S. The van der Waals surface area contributed by atoms with Gasteiger partial charge in [-0.1, -0.05) is 91.0 Å². The molecule has 3 aromatic rings. The molecule has 194 valence electrons. The Morgan fingerprint density at radius 2 is 1.55 bits per heavy atom. The van der Waals surface area contributed by atoms with Gasteiger partial charge in [-0.2, -0.15) is 0 Å². The lowest BCUT2D eigenvalue weighted by Gasteiger charge is -2.55. The lowest BCUT2D eigenvalue weighted by atomic mass is 9.98. The van der Waals surface area contributed by atoms with E-state index in [-0.39, 0.29) is 23.6 Å². The van der Waals surface area contributed by atoms with Crippen molar-refractivity contribution in [2.75, 3.05) is 12.9 Å². The number of esters is 1. The van der Waals surface area contributed by atoms with Gasteiger partial charge in [-0.05, 0) is 16.7 Å². The van der Waals surface area contributed by atoms with Crippen LogP contribution in [0.2, 0.25) is 0 Å². The molecule has 2 amide bonds. The van der Waals surface area contributed by atoms with Gasteiger partial charge in [0.15, 0.2) is 11.8 Å². The van der Waals surface area contributed by atoms with Crippen molar-refractivity contribution >= 4 is 29.5 Å². The zero-order valence-electron chi connectivity index (χ0n) is 20.6. The number of carbonyl (C=O) groups is 3. The second-order valence-corrected chi connectivity index (χ2v) is 9.96. The zero-order chi connectivity index (χ0) is 26.7. The van der Waals surface area contributed by atoms with Crippen molar-refractivity contribution in [1.82, 2.24) is 10.2 Å². The summed E-state index contributed by atoms with van der Waals surface area (Å²) in [7, 11) is 1.33. The van der Waals surface area contributed by atoms with Crippen LogP contribution in [-0.4, -0.2) is 51.8 Å². The minimum atomic E-state index is -1.67. The van der Waals surface area contributed by atoms with Crippen molar-refractivity contribution in [1.29, 1.82) is 0 Å². The van der Waals surface area contributed by atoms with Gasteiger partial charge < -0.3 is 19.9 Å². The van der Waals surface area contributed by atoms with E-state index in [0.717, 1.165) is 21.6 Å². The number of hydrogen-bond acceptors (Lipinski definition) is 7. The zero-order valence-corrected chi connectivity index (χ0v) is 21.4. The number of thioether (sulfide) groups is 1. The van der Waals surface area contributed by atoms with Gasteiger partial charge in [0, 0.05) is 7.11 Å². The van der Waals surface area contributed by atoms with Gasteiger partial charge in [-0.3, -0.25) is 14.5 Å². The number of rotatable bonds is 8. The number of methoxy groups -OCH3 is 1. The lowest BCUT2D eigenvalue weighted by Crippen LogP contribution is -2.80. The van der Waals surface area contributed by atoms with Crippen molar-refractivity contribution in [3.05, 3.63) is 119 Å². The van der Waals surface area contributed by atoms with Crippen LogP contribution in [-0.2, 0) is 30.3 Å². The Balaban J connectivity index is 1.38. The number of β-lactam (4-membered cyclic amide) rings is 1. The fourth-order valence-electron chi connectivity index (χ4n) is 4.63. The van der Waals surface area contributed by atoms with Crippen LogP contribution in [0.1, 0.15) is 22.8 Å². The highest BCUT2D eigenvalue weighted by atomic mass is 32.2. The summed E-state index contributed by atoms with van der Waals surface area (Å²) in [6.45, 7) is 0. The molecule has 1 saturated heterocycles. The molecule has 2 heterocycles. The predicted molar refractivity (Wildman–Crippen MR) is 142 cm³/mol. The predicted octanol–water partition coefficient (Wildman–Crippen LogP) is 3.71. The standard InChI is InChI=1S/C29H26N2O6S/c1-36-29(30-23(33)17-19-11-5-2-6-12-19)27(35)31-24(22(32)18-38-28(29)31)26(34)37-25(20-13-7-3-8-14-20)21-15-9-4-10-16-21/h2-16,25,28,32H,17-18H2,1H3,(H,30,33)/t28-,29?/m1/s1. The summed E-state index contributed by atoms with van der Waals surface area (Å²) in [5, 5.41) is 12.6. The Labute approximate surface area is 224 Å². The summed E-state index contributed by atoms with van der Waals surface area (Å²) in [5.74, 6) is -2.14. The van der Waals surface area contributed by atoms with E-state index in [1.54, 1.807) is 0 Å². The molecule has 5 rings (SSSR count). The average molecular weight is 531 g/mol. The van der Waals surface area contributed by atoms with E-state index in [2.05, 4.69) is 5.32 Å². The molecule has 38 heavy (non-hydrogen) atoms.